The highest BCUT2D eigenvalue weighted by Gasteiger charge is 2.21. The molecule has 6 aromatic carbocycles. The molecule has 10 aromatic rings. The zero-order chi connectivity index (χ0) is 37.7. The van der Waals surface area contributed by atoms with Gasteiger partial charge in [-0.25, -0.2) is 15.0 Å². The van der Waals surface area contributed by atoms with Crippen LogP contribution in [0.15, 0.2) is 182 Å². The smallest absolute Gasteiger partial charge is 0.160 e. The Kier molecular flexibility index (Phi) is 7.88. The molecule has 0 fully saturated rings. The molecule has 11 rings (SSSR count). The highest BCUT2D eigenvalue weighted by Crippen LogP contribution is 2.38. The highest BCUT2D eigenvalue weighted by atomic mass is 15.0. The van der Waals surface area contributed by atoms with Gasteiger partial charge in [-0.2, -0.15) is 0 Å². The molecular weight excluding hydrogens is 695 g/mol. The lowest BCUT2D eigenvalue weighted by atomic mass is 9.99. The fourth-order valence-electron chi connectivity index (χ4n) is 8.31. The van der Waals surface area contributed by atoms with E-state index in [1.165, 1.54) is 27.7 Å². The van der Waals surface area contributed by atoms with Crippen molar-refractivity contribution in [1.82, 2.24) is 24.5 Å². The summed E-state index contributed by atoms with van der Waals surface area (Å²) in [5, 5.41) is 3.39. The number of hydrogen-bond acceptors (Lipinski definition) is 4. The molecule has 268 valence electrons. The molecule has 5 nitrogen and oxygen atoms in total. The van der Waals surface area contributed by atoms with Gasteiger partial charge in [-0.05, 0) is 66.4 Å². The SMILES string of the molecule is C1=Cc2c(n(-c3cc(-c4cc(-c5ccc(-c6ccccc6)cc5)nc(-c5ccccc5)n4)cc(-c4ccc5ccc6cccnc6c5n4)c3)c3ccccc23)CC1. The quantitative estimate of drug-likeness (QED) is 0.160. The monoisotopic (exact) mass is 729 g/mol. The second kappa shape index (κ2) is 13.7. The van der Waals surface area contributed by atoms with Crippen molar-refractivity contribution in [2.24, 2.45) is 0 Å². The van der Waals surface area contributed by atoms with E-state index in [9.17, 15) is 0 Å². The molecule has 0 atom stereocenters. The highest BCUT2D eigenvalue weighted by molar-refractivity contribution is 6.03. The first-order valence-electron chi connectivity index (χ1n) is 19.4. The number of fused-ring (bicyclic) bond motifs is 6. The molecule has 0 unspecified atom stereocenters. The summed E-state index contributed by atoms with van der Waals surface area (Å²) in [6.07, 6.45) is 8.38. The van der Waals surface area contributed by atoms with Gasteiger partial charge in [-0.1, -0.05) is 140 Å². The lowest BCUT2D eigenvalue weighted by Gasteiger charge is -2.17. The molecule has 5 heteroatoms. The van der Waals surface area contributed by atoms with Crippen LogP contribution in [0.1, 0.15) is 17.7 Å². The number of allylic oxidation sites excluding steroid dienone is 1. The average Bonchev–Trinajstić information content (AvgIpc) is 3.63. The van der Waals surface area contributed by atoms with Crippen molar-refractivity contribution in [3.63, 3.8) is 0 Å². The Balaban J connectivity index is 1.15. The van der Waals surface area contributed by atoms with Crippen LogP contribution in [-0.2, 0) is 6.42 Å². The summed E-state index contributed by atoms with van der Waals surface area (Å²) in [6, 6.07) is 59.7. The van der Waals surface area contributed by atoms with Gasteiger partial charge in [0.25, 0.3) is 0 Å². The summed E-state index contributed by atoms with van der Waals surface area (Å²) in [4.78, 5) is 20.6. The molecule has 4 heterocycles. The van der Waals surface area contributed by atoms with E-state index in [2.05, 4.69) is 156 Å². The molecule has 57 heavy (non-hydrogen) atoms. The van der Waals surface area contributed by atoms with Crippen molar-refractivity contribution in [3.8, 4) is 62.0 Å². The van der Waals surface area contributed by atoms with Gasteiger partial charge >= 0.3 is 0 Å². The molecule has 4 aromatic heterocycles. The van der Waals surface area contributed by atoms with Crippen LogP contribution >= 0.6 is 0 Å². The maximum atomic E-state index is 5.33. The van der Waals surface area contributed by atoms with Crippen LogP contribution in [0.5, 0.6) is 0 Å². The van der Waals surface area contributed by atoms with Crippen LogP contribution in [0.25, 0.3) is 101 Å². The molecule has 0 amide bonds. The Morgan fingerprint density at radius 2 is 1.11 bits per heavy atom. The Labute approximate surface area is 330 Å². The normalized spacial score (nSPS) is 12.4. The third-order valence-corrected chi connectivity index (χ3v) is 11.1. The van der Waals surface area contributed by atoms with E-state index in [4.69, 9.17) is 19.9 Å². The first kappa shape index (κ1) is 32.9. The summed E-state index contributed by atoms with van der Waals surface area (Å²) in [6.45, 7) is 0. The van der Waals surface area contributed by atoms with Gasteiger partial charge in [-0.3, -0.25) is 4.98 Å². The van der Waals surface area contributed by atoms with E-state index in [-0.39, 0.29) is 0 Å². The third-order valence-electron chi connectivity index (χ3n) is 11.1. The molecule has 0 saturated carbocycles. The third kappa shape index (κ3) is 5.88. The predicted molar refractivity (Wildman–Crippen MR) is 234 cm³/mol. The van der Waals surface area contributed by atoms with E-state index < -0.39 is 0 Å². The van der Waals surface area contributed by atoms with Crippen molar-refractivity contribution < 1.29 is 0 Å². The van der Waals surface area contributed by atoms with E-state index in [1.54, 1.807) is 0 Å². The molecule has 1 aliphatic carbocycles. The zero-order valence-electron chi connectivity index (χ0n) is 31.0. The number of para-hydroxylation sites is 1. The summed E-state index contributed by atoms with van der Waals surface area (Å²) in [5.41, 5.74) is 15.6. The first-order chi connectivity index (χ1) is 28.2. The molecule has 0 aliphatic heterocycles. The largest absolute Gasteiger partial charge is 0.313 e. The van der Waals surface area contributed by atoms with Crippen molar-refractivity contribution in [2.75, 3.05) is 0 Å². The Hall–Kier alpha value is -7.50. The van der Waals surface area contributed by atoms with Gasteiger partial charge in [0.05, 0.1) is 33.6 Å². The molecular formula is C52H35N5. The predicted octanol–water partition coefficient (Wildman–Crippen LogP) is 12.8. The number of aromatic nitrogens is 5. The lowest BCUT2D eigenvalue weighted by Crippen LogP contribution is -2.04. The molecule has 0 bridgehead atoms. The summed E-state index contributed by atoms with van der Waals surface area (Å²) < 4.78 is 2.45. The molecule has 0 N–H and O–H groups in total. The number of nitrogens with zero attached hydrogens (tertiary/aromatic N) is 5. The molecule has 0 spiro atoms. The van der Waals surface area contributed by atoms with E-state index >= 15 is 0 Å². The Bertz CT molecular complexity index is 3160. The minimum atomic E-state index is 0.678. The number of pyridine rings is 2. The molecule has 0 radical (unpaired) electrons. The summed E-state index contributed by atoms with van der Waals surface area (Å²) >= 11 is 0. The van der Waals surface area contributed by atoms with Crippen molar-refractivity contribution in [2.45, 2.75) is 12.8 Å². The lowest BCUT2D eigenvalue weighted by molar-refractivity contribution is 0.889. The minimum Gasteiger partial charge on any atom is -0.313 e. The maximum Gasteiger partial charge on any atom is 0.160 e. The van der Waals surface area contributed by atoms with Crippen LogP contribution in [0.4, 0.5) is 0 Å². The summed E-state index contributed by atoms with van der Waals surface area (Å²) in [7, 11) is 0. The van der Waals surface area contributed by atoms with Gasteiger partial charge in [-0.15, -0.1) is 0 Å². The fraction of sp³-hybridized carbons (Fsp3) is 0.0385. The zero-order valence-corrected chi connectivity index (χ0v) is 31.0. The second-order valence-corrected chi connectivity index (χ2v) is 14.6. The van der Waals surface area contributed by atoms with Gasteiger partial charge in [0, 0.05) is 61.6 Å². The Morgan fingerprint density at radius 3 is 1.91 bits per heavy atom. The second-order valence-electron chi connectivity index (χ2n) is 14.6. The topological polar surface area (TPSA) is 56.5 Å². The van der Waals surface area contributed by atoms with Crippen LogP contribution in [0.3, 0.4) is 0 Å². The maximum absolute atomic E-state index is 5.33. The number of hydrogen-bond donors (Lipinski definition) is 0. The van der Waals surface area contributed by atoms with Crippen LogP contribution in [0.2, 0.25) is 0 Å². The van der Waals surface area contributed by atoms with Gasteiger partial charge < -0.3 is 4.57 Å². The van der Waals surface area contributed by atoms with Gasteiger partial charge in [0.2, 0.25) is 0 Å². The standard InChI is InChI=1S/C52H35N5/c1-3-12-34(13-4-1)35-21-23-36(24-22-35)46-33-47(56-52(55-46)39-14-5-2-6-15-39)41-30-40(45-28-27-38-26-25-37-16-11-29-53-50(37)51(38)54-45)31-42(32-41)57-48-19-9-7-17-43(48)44-18-8-10-20-49(44)57/h1-9,11-19,21-33H,10,20H2. The molecule has 0 saturated heterocycles. The molecule has 1 aliphatic rings. The van der Waals surface area contributed by atoms with Crippen molar-refractivity contribution in [1.29, 1.82) is 0 Å². The number of rotatable bonds is 6. The summed E-state index contributed by atoms with van der Waals surface area (Å²) in [5.74, 6) is 0.678. The van der Waals surface area contributed by atoms with E-state index in [0.29, 0.717) is 5.82 Å². The van der Waals surface area contributed by atoms with Crippen molar-refractivity contribution >= 4 is 38.8 Å². The van der Waals surface area contributed by atoms with Crippen LogP contribution in [0, 0.1) is 0 Å². The van der Waals surface area contributed by atoms with Gasteiger partial charge in [0.1, 0.15) is 0 Å². The average molecular weight is 730 g/mol. The van der Waals surface area contributed by atoms with Gasteiger partial charge in [0.15, 0.2) is 5.82 Å². The number of benzene rings is 6. The van der Waals surface area contributed by atoms with E-state index in [0.717, 1.165) is 85.2 Å². The Morgan fingerprint density at radius 1 is 0.456 bits per heavy atom. The fourth-order valence-corrected chi connectivity index (χ4v) is 8.31. The van der Waals surface area contributed by atoms with E-state index in [1.807, 2.05) is 36.5 Å². The van der Waals surface area contributed by atoms with Crippen LogP contribution < -0.4 is 0 Å². The van der Waals surface area contributed by atoms with Crippen molar-refractivity contribution in [3.05, 3.63) is 193 Å². The van der Waals surface area contributed by atoms with Crippen LogP contribution in [-0.4, -0.2) is 24.5 Å². The first-order valence-corrected chi connectivity index (χ1v) is 19.4. The minimum absolute atomic E-state index is 0.678.